The predicted molar refractivity (Wildman–Crippen MR) is 46.4 cm³/mol. The highest BCUT2D eigenvalue weighted by Crippen LogP contribution is 2.23. The molecule has 12 heavy (non-hydrogen) atoms. The number of rotatable bonds is 2. The minimum atomic E-state index is -3.52. The van der Waals surface area contributed by atoms with Crippen LogP contribution in [0.5, 0.6) is 0 Å². The van der Waals surface area contributed by atoms with Gasteiger partial charge in [0.2, 0.25) is 0 Å². The number of nitrogens with zero attached hydrogens (tertiary/aromatic N) is 1. The fraction of sp³-hybridized carbons (Fsp3) is 1.00. The summed E-state index contributed by atoms with van der Waals surface area (Å²) in [6, 6.07) is -0.00597. The summed E-state index contributed by atoms with van der Waals surface area (Å²) < 4.78 is 23.2. The van der Waals surface area contributed by atoms with Gasteiger partial charge in [-0.1, -0.05) is 0 Å². The molecule has 0 aromatic rings. The van der Waals surface area contributed by atoms with Crippen molar-refractivity contribution in [3.05, 3.63) is 0 Å². The van der Waals surface area contributed by atoms with E-state index in [4.69, 9.17) is 10.9 Å². The Morgan fingerprint density at radius 3 is 2.42 bits per heavy atom. The van der Waals surface area contributed by atoms with Gasteiger partial charge >= 0.3 is 0 Å². The van der Waals surface area contributed by atoms with E-state index in [9.17, 15) is 8.42 Å². The molecule has 2 atom stereocenters. The van der Waals surface area contributed by atoms with Gasteiger partial charge in [0.15, 0.2) is 0 Å². The van der Waals surface area contributed by atoms with Crippen molar-refractivity contribution in [2.45, 2.75) is 19.4 Å². The van der Waals surface area contributed by atoms with Gasteiger partial charge in [0.05, 0.1) is 0 Å². The van der Waals surface area contributed by atoms with Crippen molar-refractivity contribution in [3.8, 4) is 0 Å². The van der Waals surface area contributed by atoms with Gasteiger partial charge in [-0.2, -0.15) is 12.7 Å². The summed E-state index contributed by atoms with van der Waals surface area (Å²) in [4.78, 5) is 0. The minimum absolute atomic E-state index is 0.00597. The van der Waals surface area contributed by atoms with Crippen LogP contribution < -0.4 is 10.9 Å². The standard InChI is InChI=1S/C6H15N3O2S/c1-5-2-6(3-7)4-9(5)12(8,10)11/h5-6H,2-4,7H2,1H3,(H2,8,10,11). The zero-order valence-electron chi connectivity index (χ0n) is 7.10. The third-order valence-corrected chi connectivity index (χ3v) is 3.43. The van der Waals surface area contributed by atoms with Crippen molar-refractivity contribution < 1.29 is 8.42 Å². The fourth-order valence-corrected chi connectivity index (χ4v) is 2.64. The van der Waals surface area contributed by atoms with E-state index in [1.54, 1.807) is 0 Å². The number of hydrogen-bond donors (Lipinski definition) is 2. The van der Waals surface area contributed by atoms with E-state index >= 15 is 0 Å². The van der Waals surface area contributed by atoms with Crippen LogP contribution in [-0.4, -0.2) is 31.9 Å². The molecular weight excluding hydrogens is 178 g/mol. The van der Waals surface area contributed by atoms with E-state index in [-0.39, 0.29) is 12.0 Å². The molecule has 1 aliphatic rings. The van der Waals surface area contributed by atoms with Gasteiger partial charge in [-0.3, -0.25) is 0 Å². The molecule has 0 radical (unpaired) electrons. The van der Waals surface area contributed by atoms with Crippen LogP contribution >= 0.6 is 0 Å². The Morgan fingerprint density at radius 1 is 1.58 bits per heavy atom. The van der Waals surface area contributed by atoms with Crippen LogP contribution in [0.2, 0.25) is 0 Å². The van der Waals surface area contributed by atoms with Crippen LogP contribution in [0.4, 0.5) is 0 Å². The molecule has 0 amide bonds. The highest BCUT2D eigenvalue weighted by Gasteiger charge is 2.34. The summed E-state index contributed by atoms with van der Waals surface area (Å²) in [7, 11) is -3.52. The second-order valence-electron chi connectivity index (χ2n) is 3.30. The largest absolute Gasteiger partial charge is 0.330 e. The maximum Gasteiger partial charge on any atom is 0.277 e. The highest BCUT2D eigenvalue weighted by molar-refractivity contribution is 7.86. The van der Waals surface area contributed by atoms with Crippen LogP contribution in [-0.2, 0) is 10.2 Å². The third-order valence-electron chi connectivity index (χ3n) is 2.26. The number of hydrogen-bond acceptors (Lipinski definition) is 3. The first-order chi connectivity index (χ1) is 5.45. The van der Waals surface area contributed by atoms with Crippen LogP contribution in [0.3, 0.4) is 0 Å². The molecule has 1 rings (SSSR count). The first kappa shape index (κ1) is 9.91. The normalized spacial score (nSPS) is 32.6. The summed E-state index contributed by atoms with van der Waals surface area (Å²) in [5.41, 5.74) is 5.44. The van der Waals surface area contributed by atoms with E-state index in [0.717, 1.165) is 6.42 Å². The van der Waals surface area contributed by atoms with Gasteiger partial charge in [-0.15, -0.1) is 0 Å². The molecule has 6 heteroatoms. The number of nitrogens with two attached hydrogens (primary N) is 2. The lowest BCUT2D eigenvalue weighted by Crippen LogP contribution is -2.39. The minimum Gasteiger partial charge on any atom is -0.330 e. The topological polar surface area (TPSA) is 89.4 Å². The molecule has 0 saturated carbocycles. The maximum atomic E-state index is 11.0. The lowest BCUT2D eigenvalue weighted by molar-refractivity contribution is 0.405. The van der Waals surface area contributed by atoms with E-state index in [1.807, 2.05) is 6.92 Å². The molecule has 0 aliphatic carbocycles. The molecule has 0 bridgehead atoms. The average Bonchev–Trinajstić information content (AvgIpc) is 2.29. The SMILES string of the molecule is CC1CC(CN)CN1S(N)(=O)=O. The Bertz CT molecular complexity index is 252. The van der Waals surface area contributed by atoms with E-state index < -0.39 is 10.2 Å². The predicted octanol–water partition coefficient (Wildman–Crippen LogP) is -1.14. The molecule has 2 unspecified atom stereocenters. The molecule has 0 aromatic heterocycles. The second-order valence-corrected chi connectivity index (χ2v) is 4.80. The lowest BCUT2D eigenvalue weighted by atomic mass is 10.1. The summed E-state index contributed by atoms with van der Waals surface area (Å²) >= 11 is 0. The highest BCUT2D eigenvalue weighted by atomic mass is 32.2. The zero-order valence-corrected chi connectivity index (χ0v) is 7.92. The molecule has 5 nitrogen and oxygen atoms in total. The Hall–Kier alpha value is -0.170. The van der Waals surface area contributed by atoms with Gasteiger partial charge in [0, 0.05) is 12.6 Å². The van der Waals surface area contributed by atoms with Gasteiger partial charge < -0.3 is 5.73 Å². The monoisotopic (exact) mass is 193 g/mol. The van der Waals surface area contributed by atoms with Crippen LogP contribution in [0, 0.1) is 5.92 Å². The van der Waals surface area contributed by atoms with E-state index in [0.29, 0.717) is 13.1 Å². The van der Waals surface area contributed by atoms with Crippen LogP contribution in [0.15, 0.2) is 0 Å². The Balaban J connectivity index is 2.71. The molecular formula is C6H15N3O2S. The summed E-state index contributed by atoms with van der Waals surface area (Å²) in [6.07, 6.45) is 0.812. The van der Waals surface area contributed by atoms with Gasteiger partial charge in [-0.25, -0.2) is 5.14 Å². The Kier molecular flexibility index (Phi) is 2.72. The van der Waals surface area contributed by atoms with E-state index in [2.05, 4.69) is 0 Å². The Morgan fingerprint density at radius 2 is 2.17 bits per heavy atom. The average molecular weight is 193 g/mol. The van der Waals surface area contributed by atoms with Gasteiger partial charge in [0.25, 0.3) is 10.2 Å². The van der Waals surface area contributed by atoms with Gasteiger partial charge in [-0.05, 0) is 25.8 Å². The molecule has 1 saturated heterocycles. The maximum absolute atomic E-state index is 11.0. The molecule has 0 spiro atoms. The molecule has 1 aliphatic heterocycles. The lowest BCUT2D eigenvalue weighted by Gasteiger charge is -2.16. The van der Waals surface area contributed by atoms with E-state index in [1.165, 1.54) is 4.31 Å². The van der Waals surface area contributed by atoms with Crippen molar-refractivity contribution in [2.75, 3.05) is 13.1 Å². The zero-order chi connectivity index (χ0) is 9.35. The molecule has 1 heterocycles. The summed E-state index contributed by atoms with van der Waals surface area (Å²) in [5, 5.41) is 5.01. The third kappa shape index (κ3) is 1.95. The molecule has 72 valence electrons. The van der Waals surface area contributed by atoms with Crippen molar-refractivity contribution in [2.24, 2.45) is 16.8 Å². The smallest absolute Gasteiger partial charge is 0.277 e. The van der Waals surface area contributed by atoms with Crippen molar-refractivity contribution >= 4 is 10.2 Å². The molecule has 1 fully saturated rings. The fourth-order valence-electron chi connectivity index (χ4n) is 1.63. The first-order valence-corrected chi connectivity index (χ1v) is 5.45. The van der Waals surface area contributed by atoms with Gasteiger partial charge in [0.1, 0.15) is 0 Å². The van der Waals surface area contributed by atoms with Crippen molar-refractivity contribution in [1.82, 2.24) is 4.31 Å². The van der Waals surface area contributed by atoms with Crippen molar-refractivity contribution in [3.63, 3.8) is 0 Å². The molecule has 0 aromatic carbocycles. The first-order valence-electron chi connectivity index (χ1n) is 3.94. The van der Waals surface area contributed by atoms with Crippen molar-refractivity contribution in [1.29, 1.82) is 0 Å². The summed E-state index contributed by atoms with van der Waals surface area (Å²) in [6.45, 7) is 2.84. The molecule has 4 N–H and O–H groups in total. The summed E-state index contributed by atoms with van der Waals surface area (Å²) in [5.74, 6) is 0.262. The quantitative estimate of drug-likeness (QED) is 0.581. The Labute approximate surface area is 72.9 Å². The van der Waals surface area contributed by atoms with Crippen LogP contribution in [0.25, 0.3) is 0 Å². The second kappa shape index (κ2) is 3.29. The van der Waals surface area contributed by atoms with Crippen LogP contribution in [0.1, 0.15) is 13.3 Å².